The molecule has 2 aliphatic heterocycles. The van der Waals surface area contributed by atoms with Crippen LogP contribution in [0.3, 0.4) is 0 Å². The number of piperidine rings is 1. The van der Waals surface area contributed by atoms with Crippen LogP contribution in [0.5, 0.6) is 0 Å². The van der Waals surface area contributed by atoms with E-state index in [1.807, 2.05) is 19.1 Å². The third kappa shape index (κ3) is 5.99. The molecule has 0 aliphatic carbocycles. The van der Waals surface area contributed by atoms with E-state index >= 15 is 0 Å². The van der Waals surface area contributed by atoms with E-state index < -0.39 is 0 Å². The average Bonchev–Trinajstić information content (AvgIpc) is 3.39. The summed E-state index contributed by atoms with van der Waals surface area (Å²) in [6, 6.07) is 3.89. The zero-order chi connectivity index (χ0) is 18.9. The van der Waals surface area contributed by atoms with Gasteiger partial charge in [0.05, 0.1) is 25.4 Å². The summed E-state index contributed by atoms with van der Waals surface area (Å²) in [5.41, 5.74) is 0. The van der Waals surface area contributed by atoms with Crippen molar-refractivity contribution in [2.45, 2.75) is 32.6 Å². The Balaban J connectivity index is 1.53. The van der Waals surface area contributed by atoms with Crippen molar-refractivity contribution in [1.29, 1.82) is 0 Å². The zero-order valence-electron chi connectivity index (χ0n) is 16.2. The van der Waals surface area contributed by atoms with Gasteiger partial charge < -0.3 is 24.1 Å². The maximum atomic E-state index is 12.0. The molecule has 1 N–H and O–H groups in total. The minimum atomic E-state index is -0.0653. The summed E-state index contributed by atoms with van der Waals surface area (Å²) in [6.07, 6.45) is 5.21. The van der Waals surface area contributed by atoms with Gasteiger partial charge in [-0.1, -0.05) is 0 Å². The van der Waals surface area contributed by atoms with E-state index in [1.165, 1.54) is 0 Å². The molecule has 7 heteroatoms. The lowest BCUT2D eigenvalue weighted by Gasteiger charge is -2.33. The van der Waals surface area contributed by atoms with Crippen molar-refractivity contribution in [3.63, 3.8) is 0 Å². The molecule has 3 rings (SSSR count). The van der Waals surface area contributed by atoms with Crippen LogP contribution in [-0.4, -0.2) is 62.8 Å². The molecule has 0 radical (unpaired) electrons. The van der Waals surface area contributed by atoms with Crippen LogP contribution in [0, 0.1) is 11.8 Å². The van der Waals surface area contributed by atoms with Crippen molar-refractivity contribution in [2.24, 2.45) is 16.8 Å². The van der Waals surface area contributed by atoms with E-state index in [4.69, 9.17) is 18.9 Å². The van der Waals surface area contributed by atoms with Crippen LogP contribution >= 0.6 is 0 Å². The molecule has 2 fully saturated rings. The number of carbonyl (C=O) groups excluding carboxylic acids is 1. The van der Waals surface area contributed by atoms with Crippen molar-refractivity contribution >= 4 is 11.9 Å². The second-order valence-electron chi connectivity index (χ2n) is 7.16. The van der Waals surface area contributed by atoms with E-state index in [0.717, 1.165) is 76.8 Å². The van der Waals surface area contributed by atoms with Crippen LogP contribution in [0.1, 0.15) is 31.9 Å². The van der Waals surface area contributed by atoms with Gasteiger partial charge in [0.25, 0.3) is 0 Å². The number of rotatable bonds is 7. The number of nitrogens with one attached hydrogen (secondary N) is 1. The van der Waals surface area contributed by atoms with Gasteiger partial charge in [-0.15, -0.1) is 0 Å². The second kappa shape index (κ2) is 10.3. The van der Waals surface area contributed by atoms with Crippen LogP contribution in [0.2, 0.25) is 0 Å². The number of ether oxygens (including phenoxy) is 2. The molecular weight excluding hydrogens is 346 g/mol. The molecule has 0 spiro atoms. The smallest absolute Gasteiger partial charge is 0.309 e. The first-order chi connectivity index (χ1) is 13.3. The van der Waals surface area contributed by atoms with Gasteiger partial charge in [-0.25, -0.2) is 0 Å². The molecule has 2 saturated heterocycles. The van der Waals surface area contributed by atoms with Crippen LogP contribution in [0.4, 0.5) is 0 Å². The topological polar surface area (TPSA) is 76.3 Å². The summed E-state index contributed by atoms with van der Waals surface area (Å²) < 4.78 is 16.0. The maximum absolute atomic E-state index is 12.0. The summed E-state index contributed by atoms with van der Waals surface area (Å²) in [4.78, 5) is 19.1. The van der Waals surface area contributed by atoms with Gasteiger partial charge in [0.2, 0.25) is 0 Å². The summed E-state index contributed by atoms with van der Waals surface area (Å²) in [5.74, 6) is 2.34. The van der Waals surface area contributed by atoms with Gasteiger partial charge in [0.1, 0.15) is 5.76 Å². The van der Waals surface area contributed by atoms with Crippen molar-refractivity contribution in [3.8, 4) is 0 Å². The highest BCUT2D eigenvalue weighted by Crippen LogP contribution is 2.19. The predicted molar refractivity (Wildman–Crippen MR) is 103 cm³/mol. The monoisotopic (exact) mass is 377 g/mol. The van der Waals surface area contributed by atoms with E-state index in [0.29, 0.717) is 12.5 Å². The molecule has 1 unspecified atom stereocenters. The van der Waals surface area contributed by atoms with Crippen LogP contribution < -0.4 is 5.32 Å². The molecule has 0 saturated carbocycles. The average molecular weight is 377 g/mol. The lowest BCUT2D eigenvalue weighted by Crippen LogP contribution is -2.47. The molecular formula is C20H31N3O4. The molecule has 1 aromatic rings. The number of aliphatic imine (C=N–C) groups is 1. The number of guanidine groups is 1. The van der Waals surface area contributed by atoms with Crippen LogP contribution in [-0.2, 0) is 20.7 Å². The minimum absolute atomic E-state index is 0.00815. The molecule has 3 heterocycles. The molecule has 1 aromatic heterocycles. The second-order valence-corrected chi connectivity index (χ2v) is 7.16. The Labute approximate surface area is 161 Å². The fraction of sp³-hybridized carbons (Fsp3) is 0.700. The number of likely N-dealkylation sites (tertiary alicyclic amines) is 1. The van der Waals surface area contributed by atoms with E-state index in [2.05, 4.69) is 10.2 Å². The van der Waals surface area contributed by atoms with Gasteiger partial charge >= 0.3 is 5.97 Å². The number of nitrogens with zero attached hydrogens (tertiary/aromatic N) is 2. The van der Waals surface area contributed by atoms with E-state index in [9.17, 15) is 4.79 Å². The molecule has 0 aromatic carbocycles. The Hall–Kier alpha value is -2.02. The quantitative estimate of drug-likeness (QED) is 0.445. The van der Waals surface area contributed by atoms with Crippen molar-refractivity contribution < 1.29 is 18.7 Å². The van der Waals surface area contributed by atoms with Gasteiger partial charge in [-0.2, -0.15) is 0 Å². The lowest BCUT2D eigenvalue weighted by molar-refractivity contribution is -0.149. The van der Waals surface area contributed by atoms with Crippen molar-refractivity contribution in [3.05, 3.63) is 24.2 Å². The fourth-order valence-electron chi connectivity index (χ4n) is 3.55. The summed E-state index contributed by atoms with van der Waals surface area (Å²) in [6.45, 7) is 7.12. The summed E-state index contributed by atoms with van der Waals surface area (Å²) in [5, 5.41) is 3.48. The third-order valence-electron chi connectivity index (χ3n) is 5.17. The van der Waals surface area contributed by atoms with Gasteiger partial charge in [0, 0.05) is 45.1 Å². The SMILES string of the molecule is CCOC(=O)C1CCN(C(=NCC2CCOC2)NCCc2ccco2)CC1. The summed E-state index contributed by atoms with van der Waals surface area (Å²) >= 11 is 0. The highest BCUT2D eigenvalue weighted by molar-refractivity contribution is 5.80. The van der Waals surface area contributed by atoms with Gasteiger partial charge in [0.15, 0.2) is 5.96 Å². The van der Waals surface area contributed by atoms with Crippen molar-refractivity contribution in [2.75, 3.05) is 46.0 Å². The van der Waals surface area contributed by atoms with Crippen LogP contribution in [0.15, 0.2) is 27.8 Å². The first-order valence-electron chi connectivity index (χ1n) is 10.1. The Bertz CT molecular complexity index is 588. The maximum Gasteiger partial charge on any atom is 0.309 e. The fourth-order valence-corrected chi connectivity index (χ4v) is 3.55. The minimum Gasteiger partial charge on any atom is -0.469 e. The molecule has 2 aliphatic rings. The summed E-state index contributed by atoms with van der Waals surface area (Å²) in [7, 11) is 0. The Morgan fingerprint density at radius 2 is 2.22 bits per heavy atom. The van der Waals surface area contributed by atoms with Gasteiger partial charge in [-0.05, 0) is 38.3 Å². The first-order valence-corrected chi connectivity index (χ1v) is 10.1. The molecule has 0 amide bonds. The number of furan rings is 1. The number of hydrogen-bond donors (Lipinski definition) is 1. The highest BCUT2D eigenvalue weighted by Gasteiger charge is 2.27. The molecule has 27 heavy (non-hydrogen) atoms. The van der Waals surface area contributed by atoms with Crippen LogP contribution in [0.25, 0.3) is 0 Å². The van der Waals surface area contributed by atoms with E-state index in [1.54, 1.807) is 6.26 Å². The first kappa shape index (κ1) is 19.7. The highest BCUT2D eigenvalue weighted by atomic mass is 16.5. The van der Waals surface area contributed by atoms with Crippen molar-refractivity contribution in [1.82, 2.24) is 10.2 Å². The van der Waals surface area contributed by atoms with E-state index in [-0.39, 0.29) is 11.9 Å². The Morgan fingerprint density at radius 1 is 1.37 bits per heavy atom. The molecule has 1 atom stereocenters. The Kier molecular flexibility index (Phi) is 7.56. The third-order valence-corrected chi connectivity index (χ3v) is 5.17. The normalized spacial score (nSPS) is 21.4. The molecule has 0 bridgehead atoms. The number of esters is 1. The number of hydrogen-bond acceptors (Lipinski definition) is 5. The molecule has 7 nitrogen and oxygen atoms in total. The Morgan fingerprint density at radius 3 is 2.89 bits per heavy atom. The predicted octanol–water partition coefficient (Wildman–Crippen LogP) is 2.08. The van der Waals surface area contributed by atoms with Gasteiger partial charge in [-0.3, -0.25) is 9.79 Å². The standard InChI is InChI=1S/C20H31N3O4/c1-2-26-19(24)17-6-10-23(11-7-17)20(22-14-16-8-13-25-15-16)21-9-5-18-4-3-12-27-18/h3-4,12,16-17H,2,5-11,13-15H2,1H3,(H,21,22). The lowest BCUT2D eigenvalue weighted by atomic mass is 9.97. The molecule has 150 valence electrons. The number of carbonyl (C=O) groups is 1. The zero-order valence-corrected chi connectivity index (χ0v) is 16.2. The largest absolute Gasteiger partial charge is 0.469 e.